The van der Waals surface area contributed by atoms with E-state index in [1.165, 1.54) is 26.0 Å². The van der Waals surface area contributed by atoms with Gasteiger partial charge in [-0.2, -0.15) is 26.3 Å². The van der Waals surface area contributed by atoms with E-state index in [4.69, 9.17) is 16.4 Å². The number of nitrogen functional groups attached to an aromatic ring is 1. The Kier molecular flexibility index (Phi) is 6.82. The topological polar surface area (TPSA) is 60.2 Å². The molecule has 0 aromatic heterocycles. The van der Waals surface area contributed by atoms with E-state index in [1.807, 2.05) is 0 Å². The van der Waals surface area contributed by atoms with Crippen LogP contribution in [0.25, 0.3) is 0 Å². The molecule has 0 aliphatic carbocycles. The van der Waals surface area contributed by atoms with Crippen molar-refractivity contribution in [3.05, 3.63) is 58.7 Å². The molecule has 2 rings (SSSR count). The van der Waals surface area contributed by atoms with Gasteiger partial charge in [-0.3, -0.25) is 0 Å². The average molecular weight is 434 g/mol. The van der Waals surface area contributed by atoms with Crippen LogP contribution in [0, 0.1) is 13.8 Å². The molecule has 0 heterocycles. The van der Waals surface area contributed by atoms with Crippen molar-refractivity contribution in [1.29, 1.82) is 0 Å². The number of aryl methyl sites for hydroxylation is 2. The number of hydrogen-bond acceptors (Lipinski definition) is 3. The van der Waals surface area contributed by atoms with Gasteiger partial charge in [0, 0.05) is 16.4 Å². The van der Waals surface area contributed by atoms with Crippen LogP contribution in [0.2, 0.25) is 0 Å². The van der Waals surface area contributed by atoms with Gasteiger partial charge < -0.3 is 5.73 Å². The van der Waals surface area contributed by atoms with Crippen molar-refractivity contribution >= 4 is 25.4 Å². The predicted molar refractivity (Wildman–Crippen MR) is 89.8 cm³/mol. The predicted octanol–water partition coefficient (Wildman–Crippen LogP) is 5.54. The van der Waals surface area contributed by atoms with Crippen LogP contribution in [0.1, 0.15) is 22.3 Å². The van der Waals surface area contributed by atoms with Crippen molar-refractivity contribution in [2.45, 2.75) is 31.1 Å². The zero-order chi connectivity index (χ0) is 21.2. The van der Waals surface area contributed by atoms with Gasteiger partial charge in [0.25, 0.3) is 9.05 Å². The maximum Gasteiger partial charge on any atom is 0.416 e. The smallest absolute Gasteiger partial charge is 0.399 e. The standard InChI is InChI=1S/C8H6ClF3O2S.C8H8F3N/c1-5-2-3-6(15(9,13)14)4-7(5)8(10,11)12;1-5-2-3-6(12)4-7(5)8(9,10)11/h2-4H,1H3;2-4H,12H2,1H3. The molecule has 150 valence electrons. The van der Waals surface area contributed by atoms with E-state index < -0.39 is 37.4 Å². The number of rotatable bonds is 1. The number of alkyl halides is 6. The zero-order valence-electron chi connectivity index (χ0n) is 13.9. The van der Waals surface area contributed by atoms with Crippen molar-refractivity contribution in [2.75, 3.05) is 5.73 Å². The fraction of sp³-hybridized carbons (Fsp3) is 0.250. The van der Waals surface area contributed by atoms with Gasteiger partial charge >= 0.3 is 12.4 Å². The van der Waals surface area contributed by atoms with E-state index in [2.05, 4.69) is 0 Å². The zero-order valence-corrected chi connectivity index (χ0v) is 15.5. The van der Waals surface area contributed by atoms with Gasteiger partial charge in [0.15, 0.2) is 0 Å². The molecule has 2 N–H and O–H groups in total. The molecule has 27 heavy (non-hydrogen) atoms. The fourth-order valence-electron chi connectivity index (χ4n) is 2.00. The van der Waals surface area contributed by atoms with Gasteiger partial charge in [0.05, 0.1) is 16.0 Å². The summed E-state index contributed by atoms with van der Waals surface area (Å²) in [5, 5.41) is 0. The first kappa shape index (κ1) is 23.1. The first-order chi connectivity index (χ1) is 12.0. The van der Waals surface area contributed by atoms with Crippen LogP contribution in [0.4, 0.5) is 32.0 Å². The number of anilines is 1. The lowest BCUT2D eigenvalue weighted by molar-refractivity contribution is -0.138. The highest BCUT2D eigenvalue weighted by Crippen LogP contribution is 2.34. The lowest BCUT2D eigenvalue weighted by Crippen LogP contribution is -2.08. The maximum atomic E-state index is 12.4. The number of nitrogens with two attached hydrogens (primary N) is 1. The quantitative estimate of drug-likeness (QED) is 0.365. The Morgan fingerprint density at radius 3 is 1.59 bits per heavy atom. The molecule has 0 aliphatic heterocycles. The highest BCUT2D eigenvalue weighted by atomic mass is 35.7. The van der Waals surface area contributed by atoms with Gasteiger partial charge in [-0.05, 0) is 49.2 Å². The molecule has 0 saturated heterocycles. The molecule has 2 aromatic rings. The molecular formula is C16H14ClF6NO2S. The summed E-state index contributed by atoms with van der Waals surface area (Å²) in [5.74, 6) is 0. The van der Waals surface area contributed by atoms with E-state index in [-0.39, 0.29) is 16.8 Å². The van der Waals surface area contributed by atoms with Gasteiger partial charge in [0.2, 0.25) is 0 Å². The Morgan fingerprint density at radius 2 is 1.22 bits per heavy atom. The third-order valence-corrected chi connectivity index (χ3v) is 4.71. The summed E-state index contributed by atoms with van der Waals surface area (Å²) in [6.07, 6.45) is -8.89. The minimum atomic E-state index is -4.58. The highest BCUT2D eigenvalue weighted by Gasteiger charge is 2.33. The minimum Gasteiger partial charge on any atom is -0.399 e. The van der Waals surface area contributed by atoms with Gasteiger partial charge in [-0.1, -0.05) is 12.1 Å². The second-order valence-electron chi connectivity index (χ2n) is 5.48. The maximum absolute atomic E-state index is 12.4. The molecule has 11 heteroatoms. The molecule has 0 aliphatic rings. The largest absolute Gasteiger partial charge is 0.416 e. The Bertz CT molecular complexity index is 923. The van der Waals surface area contributed by atoms with E-state index >= 15 is 0 Å². The molecule has 0 atom stereocenters. The molecule has 0 unspecified atom stereocenters. The molecule has 0 saturated carbocycles. The average Bonchev–Trinajstić information content (AvgIpc) is 2.47. The van der Waals surface area contributed by atoms with Crippen molar-refractivity contribution in [1.82, 2.24) is 0 Å². The lowest BCUT2D eigenvalue weighted by Gasteiger charge is -2.10. The van der Waals surface area contributed by atoms with E-state index in [1.54, 1.807) is 0 Å². The van der Waals surface area contributed by atoms with Crippen LogP contribution in [-0.4, -0.2) is 8.42 Å². The molecule has 0 spiro atoms. The molecule has 0 amide bonds. The molecule has 0 fully saturated rings. The normalized spacial score (nSPS) is 12.3. The van der Waals surface area contributed by atoms with Crippen LogP contribution in [-0.2, 0) is 21.4 Å². The summed E-state index contributed by atoms with van der Waals surface area (Å²) in [6.45, 7) is 2.65. The summed E-state index contributed by atoms with van der Waals surface area (Å²) in [7, 11) is 0.808. The number of hydrogen-bond donors (Lipinski definition) is 1. The Hall–Kier alpha value is -1.94. The van der Waals surface area contributed by atoms with Crippen molar-refractivity contribution in [3.63, 3.8) is 0 Å². The van der Waals surface area contributed by atoms with E-state index in [9.17, 15) is 34.8 Å². The van der Waals surface area contributed by atoms with Gasteiger partial charge in [-0.15, -0.1) is 0 Å². The highest BCUT2D eigenvalue weighted by molar-refractivity contribution is 8.13. The van der Waals surface area contributed by atoms with E-state index in [0.29, 0.717) is 6.07 Å². The summed E-state index contributed by atoms with van der Waals surface area (Å²) >= 11 is 0. The van der Waals surface area contributed by atoms with Gasteiger partial charge in [0.1, 0.15) is 0 Å². The van der Waals surface area contributed by atoms with Crippen LogP contribution in [0.3, 0.4) is 0 Å². The molecule has 0 bridgehead atoms. The Morgan fingerprint density at radius 1 is 0.815 bits per heavy atom. The van der Waals surface area contributed by atoms with Crippen LogP contribution >= 0.6 is 10.7 Å². The number of benzene rings is 2. The number of halogens is 7. The monoisotopic (exact) mass is 433 g/mol. The second kappa shape index (κ2) is 7.97. The van der Waals surface area contributed by atoms with Crippen LogP contribution in [0.15, 0.2) is 41.3 Å². The summed E-state index contributed by atoms with van der Waals surface area (Å²) in [4.78, 5) is -0.554. The first-order valence-corrected chi connectivity index (χ1v) is 9.40. The lowest BCUT2D eigenvalue weighted by atomic mass is 10.1. The summed E-state index contributed by atoms with van der Waals surface area (Å²) in [5.41, 5.74) is 3.84. The second-order valence-corrected chi connectivity index (χ2v) is 8.05. The third-order valence-electron chi connectivity index (χ3n) is 3.36. The van der Waals surface area contributed by atoms with Crippen molar-refractivity contribution in [3.8, 4) is 0 Å². The molecule has 3 nitrogen and oxygen atoms in total. The van der Waals surface area contributed by atoms with Crippen LogP contribution in [0.5, 0.6) is 0 Å². The van der Waals surface area contributed by atoms with E-state index in [0.717, 1.165) is 18.2 Å². The Balaban J connectivity index is 0.000000277. The molecule has 0 radical (unpaired) electrons. The van der Waals surface area contributed by atoms with Gasteiger partial charge in [-0.25, -0.2) is 8.42 Å². The van der Waals surface area contributed by atoms with Crippen molar-refractivity contribution < 1.29 is 34.8 Å². The molecule has 2 aromatic carbocycles. The van der Waals surface area contributed by atoms with Crippen LogP contribution < -0.4 is 5.73 Å². The Labute approximate surface area is 156 Å². The molecular weight excluding hydrogens is 420 g/mol. The summed E-state index contributed by atoms with van der Waals surface area (Å²) in [6, 6.07) is 6.38. The first-order valence-electron chi connectivity index (χ1n) is 7.09. The fourth-order valence-corrected chi connectivity index (χ4v) is 2.78. The van der Waals surface area contributed by atoms with Crippen molar-refractivity contribution in [2.24, 2.45) is 0 Å². The third kappa shape index (κ3) is 6.62. The SMILES string of the molecule is Cc1ccc(N)cc1C(F)(F)F.Cc1ccc(S(=O)(=O)Cl)cc1C(F)(F)F. The summed E-state index contributed by atoms with van der Waals surface area (Å²) < 4.78 is 95.3. The minimum absolute atomic E-state index is 0.0495.